The Balaban J connectivity index is 1.52. The number of rotatable bonds is 5. The molecule has 1 aliphatic heterocycles. The molecule has 0 amide bonds. The Morgan fingerprint density at radius 1 is 1.05 bits per heavy atom. The van der Waals surface area contributed by atoms with Crippen LogP contribution >= 0.6 is 0 Å². The second kappa shape index (κ2) is 6.33. The minimum absolute atomic E-state index is 0.170. The molecule has 0 aromatic carbocycles. The fourth-order valence-corrected chi connectivity index (χ4v) is 5.14. The van der Waals surface area contributed by atoms with Crippen molar-refractivity contribution in [2.75, 3.05) is 19.7 Å². The van der Waals surface area contributed by atoms with Crippen LogP contribution in [0.4, 0.5) is 0 Å². The van der Waals surface area contributed by atoms with Gasteiger partial charge in [-0.3, -0.25) is 0 Å². The lowest BCUT2D eigenvalue weighted by atomic mass is 9.86. The third-order valence-electron chi connectivity index (χ3n) is 6.43. The van der Waals surface area contributed by atoms with Gasteiger partial charge in [0.2, 0.25) is 0 Å². The Morgan fingerprint density at radius 3 is 2.60 bits per heavy atom. The highest BCUT2D eigenvalue weighted by Crippen LogP contribution is 2.38. The first-order valence-electron chi connectivity index (χ1n) is 8.87. The van der Waals surface area contributed by atoms with E-state index in [0.29, 0.717) is 5.92 Å². The van der Waals surface area contributed by atoms with E-state index in [0.717, 1.165) is 18.4 Å². The van der Waals surface area contributed by atoms with Crippen molar-refractivity contribution in [3.05, 3.63) is 0 Å². The lowest BCUT2D eigenvalue weighted by molar-refractivity contribution is 0.131. The van der Waals surface area contributed by atoms with Crippen LogP contribution in [0.1, 0.15) is 64.2 Å². The van der Waals surface area contributed by atoms with Crippen LogP contribution in [0.2, 0.25) is 0 Å². The average Bonchev–Trinajstić information content (AvgIpc) is 3.17. The van der Waals surface area contributed by atoms with E-state index in [-0.39, 0.29) is 12.1 Å². The van der Waals surface area contributed by atoms with Crippen molar-refractivity contribution < 1.29 is 5.11 Å². The zero-order chi connectivity index (χ0) is 14.0. The molecule has 2 aliphatic carbocycles. The Hall–Kier alpha value is -0.120. The van der Waals surface area contributed by atoms with Gasteiger partial charge in [0, 0.05) is 11.6 Å². The van der Waals surface area contributed by atoms with Crippen molar-refractivity contribution in [3.63, 3.8) is 0 Å². The quantitative estimate of drug-likeness (QED) is 0.813. The summed E-state index contributed by atoms with van der Waals surface area (Å²) >= 11 is 0. The molecule has 3 atom stereocenters. The first-order valence-corrected chi connectivity index (χ1v) is 8.87. The summed E-state index contributed by atoms with van der Waals surface area (Å²) in [7, 11) is 0. The first kappa shape index (κ1) is 14.8. The van der Waals surface area contributed by atoms with E-state index >= 15 is 0 Å². The summed E-state index contributed by atoms with van der Waals surface area (Å²) in [6.07, 6.45) is 13.3. The average molecular weight is 280 g/mol. The van der Waals surface area contributed by atoms with Crippen molar-refractivity contribution in [2.45, 2.75) is 75.8 Å². The van der Waals surface area contributed by atoms with Crippen molar-refractivity contribution in [1.29, 1.82) is 0 Å². The first-order chi connectivity index (χ1) is 9.73. The van der Waals surface area contributed by atoms with Gasteiger partial charge >= 0.3 is 0 Å². The molecule has 1 saturated heterocycles. The largest absolute Gasteiger partial charge is 0.394 e. The molecule has 0 aromatic heterocycles. The lowest BCUT2D eigenvalue weighted by Gasteiger charge is -2.34. The molecule has 0 radical (unpaired) electrons. The summed E-state index contributed by atoms with van der Waals surface area (Å²) in [4.78, 5) is 2.76. The van der Waals surface area contributed by atoms with Crippen LogP contribution in [0.3, 0.4) is 0 Å². The van der Waals surface area contributed by atoms with Gasteiger partial charge in [0.05, 0.1) is 6.61 Å². The molecule has 1 heterocycles. The maximum atomic E-state index is 9.57. The number of nitrogens with zero attached hydrogens (tertiary/aromatic N) is 1. The Labute approximate surface area is 123 Å². The smallest absolute Gasteiger partial charge is 0.0613 e. The van der Waals surface area contributed by atoms with Crippen molar-refractivity contribution >= 4 is 0 Å². The molecule has 20 heavy (non-hydrogen) atoms. The van der Waals surface area contributed by atoms with E-state index < -0.39 is 0 Å². The van der Waals surface area contributed by atoms with Gasteiger partial charge < -0.3 is 15.7 Å². The van der Waals surface area contributed by atoms with Gasteiger partial charge in [-0.15, -0.1) is 0 Å². The molecular formula is C17H32N2O. The van der Waals surface area contributed by atoms with E-state index in [1.807, 2.05) is 0 Å². The molecular weight excluding hydrogens is 248 g/mol. The highest BCUT2D eigenvalue weighted by Gasteiger charge is 2.40. The van der Waals surface area contributed by atoms with E-state index in [4.69, 9.17) is 5.73 Å². The number of hydrogen-bond acceptors (Lipinski definition) is 3. The maximum absolute atomic E-state index is 9.57. The van der Waals surface area contributed by atoms with Crippen molar-refractivity contribution in [2.24, 2.45) is 17.6 Å². The van der Waals surface area contributed by atoms with Crippen LogP contribution in [0.25, 0.3) is 0 Å². The third kappa shape index (κ3) is 2.90. The van der Waals surface area contributed by atoms with Crippen LogP contribution in [0.15, 0.2) is 0 Å². The Morgan fingerprint density at radius 2 is 1.85 bits per heavy atom. The van der Waals surface area contributed by atoms with E-state index in [1.54, 1.807) is 0 Å². The van der Waals surface area contributed by atoms with Gasteiger partial charge in [0.25, 0.3) is 0 Å². The van der Waals surface area contributed by atoms with Crippen LogP contribution in [0, 0.1) is 11.8 Å². The minimum atomic E-state index is -0.275. The van der Waals surface area contributed by atoms with E-state index in [2.05, 4.69) is 4.90 Å². The van der Waals surface area contributed by atoms with Gasteiger partial charge in [-0.1, -0.05) is 19.3 Å². The monoisotopic (exact) mass is 280 g/mol. The molecule has 3 fully saturated rings. The predicted molar refractivity (Wildman–Crippen MR) is 82.5 cm³/mol. The molecule has 3 unspecified atom stereocenters. The lowest BCUT2D eigenvalue weighted by Crippen LogP contribution is -2.48. The minimum Gasteiger partial charge on any atom is -0.394 e. The van der Waals surface area contributed by atoms with Crippen LogP contribution in [0.5, 0.6) is 0 Å². The summed E-state index contributed by atoms with van der Waals surface area (Å²) < 4.78 is 0. The predicted octanol–water partition coefficient (Wildman–Crippen LogP) is 2.52. The van der Waals surface area contributed by atoms with Gasteiger partial charge in [-0.05, 0) is 69.9 Å². The summed E-state index contributed by atoms with van der Waals surface area (Å²) in [5.41, 5.74) is 6.10. The zero-order valence-corrected chi connectivity index (χ0v) is 12.9. The Bertz CT molecular complexity index is 316. The van der Waals surface area contributed by atoms with Gasteiger partial charge in [-0.25, -0.2) is 0 Å². The molecule has 0 spiro atoms. The molecule has 3 aliphatic rings. The summed E-state index contributed by atoms with van der Waals surface area (Å²) in [5.74, 6) is 1.51. The van der Waals surface area contributed by atoms with Crippen molar-refractivity contribution in [3.8, 4) is 0 Å². The SMILES string of the molecule is NC1(CO)CCCC1CCN1CCCC1C1CCCC1. The highest BCUT2D eigenvalue weighted by atomic mass is 16.3. The van der Waals surface area contributed by atoms with E-state index in [1.165, 1.54) is 70.9 Å². The van der Waals surface area contributed by atoms with Gasteiger partial charge in [-0.2, -0.15) is 0 Å². The molecule has 3 heteroatoms. The summed E-state index contributed by atoms with van der Waals surface area (Å²) in [5, 5.41) is 9.57. The fraction of sp³-hybridized carbons (Fsp3) is 1.00. The van der Waals surface area contributed by atoms with Crippen LogP contribution in [-0.4, -0.2) is 41.3 Å². The summed E-state index contributed by atoms with van der Waals surface area (Å²) in [6, 6.07) is 0.861. The normalized spacial score (nSPS) is 39.9. The fourth-order valence-electron chi connectivity index (χ4n) is 5.14. The molecule has 0 bridgehead atoms. The topological polar surface area (TPSA) is 49.5 Å². The third-order valence-corrected chi connectivity index (χ3v) is 6.43. The second-order valence-corrected chi connectivity index (χ2v) is 7.56. The zero-order valence-electron chi connectivity index (χ0n) is 12.9. The van der Waals surface area contributed by atoms with Crippen molar-refractivity contribution in [1.82, 2.24) is 4.90 Å². The number of hydrogen-bond donors (Lipinski definition) is 2. The standard InChI is InChI=1S/C17H32N2O/c18-17(13-20)10-3-7-15(17)9-12-19-11-4-8-16(19)14-5-1-2-6-14/h14-16,20H,1-13,18H2. The van der Waals surface area contributed by atoms with Crippen LogP contribution < -0.4 is 5.73 Å². The van der Waals surface area contributed by atoms with Gasteiger partial charge in [0.15, 0.2) is 0 Å². The number of likely N-dealkylation sites (tertiary alicyclic amines) is 1. The number of aliphatic hydroxyl groups is 1. The molecule has 2 saturated carbocycles. The van der Waals surface area contributed by atoms with Crippen LogP contribution in [-0.2, 0) is 0 Å². The molecule has 3 N–H and O–H groups in total. The molecule has 3 nitrogen and oxygen atoms in total. The van der Waals surface area contributed by atoms with E-state index in [9.17, 15) is 5.11 Å². The Kier molecular flexibility index (Phi) is 4.68. The highest BCUT2D eigenvalue weighted by molar-refractivity contribution is 4.97. The number of aliphatic hydroxyl groups excluding tert-OH is 1. The maximum Gasteiger partial charge on any atom is 0.0613 e. The number of nitrogens with two attached hydrogens (primary N) is 1. The molecule has 0 aromatic rings. The summed E-state index contributed by atoms with van der Waals surface area (Å²) in [6.45, 7) is 2.68. The molecule has 116 valence electrons. The second-order valence-electron chi connectivity index (χ2n) is 7.56. The molecule has 3 rings (SSSR count). The van der Waals surface area contributed by atoms with Gasteiger partial charge in [0.1, 0.15) is 0 Å².